The largest absolute Gasteiger partial charge is 0.497 e. The molecule has 1 amide bonds. The third kappa shape index (κ3) is 4.46. The van der Waals surface area contributed by atoms with Crippen molar-refractivity contribution in [1.82, 2.24) is 14.2 Å². The monoisotopic (exact) mass is 506 g/mol. The summed E-state index contributed by atoms with van der Waals surface area (Å²) in [6, 6.07) is 9.27. The first kappa shape index (κ1) is 22.6. The van der Waals surface area contributed by atoms with Crippen LogP contribution < -0.4 is 9.64 Å². The van der Waals surface area contributed by atoms with Crippen molar-refractivity contribution in [2.24, 2.45) is 5.92 Å². The fourth-order valence-corrected chi connectivity index (χ4v) is 8.07. The van der Waals surface area contributed by atoms with Crippen LogP contribution in [0.15, 0.2) is 39.9 Å². The van der Waals surface area contributed by atoms with Crippen molar-refractivity contribution < 1.29 is 17.9 Å². The Bertz CT molecular complexity index is 1230. The summed E-state index contributed by atoms with van der Waals surface area (Å²) in [5, 5.41) is 2.74. The summed E-state index contributed by atoms with van der Waals surface area (Å²) in [4.78, 5) is 22.0. The second-order valence-corrected chi connectivity index (χ2v) is 12.4. The second kappa shape index (κ2) is 9.21. The van der Waals surface area contributed by atoms with Crippen LogP contribution in [-0.4, -0.2) is 74.9 Å². The molecule has 176 valence electrons. The van der Waals surface area contributed by atoms with Gasteiger partial charge in [-0.25, -0.2) is 13.4 Å². The third-order valence-electron chi connectivity index (χ3n) is 6.34. The van der Waals surface area contributed by atoms with Gasteiger partial charge in [0.2, 0.25) is 5.91 Å². The molecule has 0 atom stereocenters. The van der Waals surface area contributed by atoms with Gasteiger partial charge in [0.1, 0.15) is 9.96 Å². The normalized spacial score (nSPS) is 18.7. The fraction of sp³-hybridized carbons (Fsp3) is 0.455. The molecule has 2 aliphatic heterocycles. The molecule has 1 aromatic carbocycles. The Morgan fingerprint density at radius 1 is 1.09 bits per heavy atom. The van der Waals surface area contributed by atoms with Crippen molar-refractivity contribution in [3.8, 4) is 5.75 Å². The molecule has 2 saturated heterocycles. The summed E-state index contributed by atoms with van der Waals surface area (Å²) in [5.74, 6) is 0.862. The molecular formula is C22H26N4O4S3. The van der Waals surface area contributed by atoms with E-state index in [9.17, 15) is 13.2 Å². The number of thiophene rings is 1. The first-order valence-corrected chi connectivity index (χ1v) is 14.1. The van der Waals surface area contributed by atoms with E-state index in [1.165, 1.54) is 15.6 Å². The highest BCUT2D eigenvalue weighted by molar-refractivity contribution is 7.91. The summed E-state index contributed by atoms with van der Waals surface area (Å²) in [7, 11) is -1.78. The van der Waals surface area contributed by atoms with E-state index < -0.39 is 10.0 Å². The van der Waals surface area contributed by atoms with Gasteiger partial charge < -0.3 is 14.5 Å². The van der Waals surface area contributed by atoms with Gasteiger partial charge in [-0.2, -0.15) is 4.31 Å². The molecule has 0 N–H and O–H groups in total. The van der Waals surface area contributed by atoms with Gasteiger partial charge in [0.15, 0.2) is 5.13 Å². The minimum atomic E-state index is -3.44. The first-order valence-electron chi connectivity index (χ1n) is 11.0. The number of carbonyl (C=O) groups excluding carboxylic acids is 1. The Kier molecular flexibility index (Phi) is 6.30. The van der Waals surface area contributed by atoms with E-state index in [-0.39, 0.29) is 11.8 Å². The minimum Gasteiger partial charge on any atom is -0.497 e. The maximum absolute atomic E-state index is 13.1. The molecule has 33 heavy (non-hydrogen) atoms. The van der Waals surface area contributed by atoms with Gasteiger partial charge in [0, 0.05) is 45.2 Å². The molecule has 0 radical (unpaired) electrons. The number of sulfonamides is 1. The number of piperazine rings is 1. The number of fused-ring (bicyclic) bond motifs is 1. The number of benzene rings is 1. The average Bonchev–Trinajstić information content (AvgIpc) is 3.54. The van der Waals surface area contributed by atoms with E-state index in [0.717, 1.165) is 34.2 Å². The van der Waals surface area contributed by atoms with Crippen LogP contribution in [0.2, 0.25) is 0 Å². The van der Waals surface area contributed by atoms with Crippen LogP contribution in [0.1, 0.15) is 12.8 Å². The van der Waals surface area contributed by atoms with Gasteiger partial charge in [-0.15, -0.1) is 11.3 Å². The fourth-order valence-electron chi connectivity index (χ4n) is 4.41. The number of piperidine rings is 1. The SMILES string of the molecule is COc1ccc2nc(N3CCN(C(=O)C4CCN(S(=O)(=O)c5cccs5)CC4)CC3)sc2c1. The molecule has 0 aliphatic carbocycles. The number of ether oxygens (including phenoxy) is 1. The highest BCUT2D eigenvalue weighted by Gasteiger charge is 2.35. The summed E-state index contributed by atoms with van der Waals surface area (Å²) < 4.78 is 33.7. The Morgan fingerprint density at radius 3 is 2.52 bits per heavy atom. The lowest BCUT2D eigenvalue weighted by molar-refractivity contribution is -0.137. The highest BCUT2D eigenvalue weighted by atomic mass is 32.2. The predicted molar refractivity (Wildman–Crippen MR) is 131 cm³/mol. The standard InChI is InChI=1S/C22H26N4O4S3/c1-30-17-4-5-18-19(15-17)32-22(23-18)25-12-10-24(11-13-25)21(27)16-6-8-26(9-7-16)33(28,29)20-3-2-14-31-20/h2-5,14-16H,6-13H2,1H3. The molecule has 8 nitrogen and oxygen atoms in total. The van der Waals surface area contributed by atoms with E-state index in [4.69, 9.17) is 9.72 Å². The molecule has 11 heteroatoms. The molecule has 0 unspecified atom stereocenters. The van der Waals surface area contributed by atoms with E-state index in [1.807, 2.05) is 23.1 Å². The summed E-state index contributed by atoms with van der Waals surface area (Å²) in [6.45, 7) is 3.59. The van der Waals surface area contributed by atoms with Gasteiger partial charge in [-0.05, 0) is 42.5 Å². The second-order valence-electron chi connectivity index (χ2n) is 8.25. The van der Waals surface area contributed by atoms with Gasteiger partial charge in [-0.1, -0.05) is 17.4 Å². The number of thiazole rings is 1. The molecule has 2 aliphatic rings. The summed E-state index contributed by atoms with van der Waals surface area (Å²) in [5.41, 5.74) is 0.957. The zero-order valence-corrected chi connectivity index (χ0v) is 20.8. The van der Waals surface area contributed by atoms with Crippen molar-refractivity contribution in [2.45, 2.75) is 17.1 Å². The van der Waals surface area contributed by atoms with Gasteiger partial charge >= 0.3 is 0 Å². The average molecular weight is 507 g/mol. The lowest BCUT2D eigenvalue weighted by atomic mass is 9.96. The number of hydrogen-bond acceptors (Lipinski definition) is 8. The molecule has 4 heterocycles. The Labute approximate surface area is 201 Å². The maximum atomic E-state index is 13.1. The summed E-state index contributed by atoms with van der Waals surface area (Å²) in [6.07, 6.45) is 1.15. The lowest BCUT2D eigenvalue weighted by Gasteiger charge is -2.38. The number of methoxy groups -OCH3 is 1. The first-order chi connectivity index (χ1) is 16.0. The van der Waals surface area contributed by atoms with E-state index in [1.54, 1.807) is 36.0 Å². The number of anilines is 1. The van der Waals surface area contributed by atoms with Gasteiger partial charge in [0.25, 0.3) is 10.0 Å². The summed E-state index contributed by atoms with van der Waals surface area (Å²) >= 11 is 2.88. The minimum absolute atomic E-state index is 0.110. The van der Waals surface area contributed by atoms with Crippen LogP contribution >= 0.6 is 22.7 Å². The Hall–Kier alpha value is -2.21. The van der Waals surface area contributed by atoms with Gasteiger partial charge in [-0.3, -0.25) is 4.79 Å². The number of carbonyl (C=O) groups is 1. The quantitative estimate of drug-likeness (QED) is 0.529. The molecule has 5 rings (SSSR count). The van der Waals surface area contributed by atoms with Crippen LogP contribution in [0.25, 0.3) is 10.2 Å². The van der Waals surface area contributed by atoms with Crippen LogP contribution in [-0.2, 0) is 14.8 Å². The Morgan fingerprint density at radius 2 is 1.85 bits per heavy atom. The molecule has 2 aromatic heterocycles. The molecule has 0 spiro atoms. The van der Waals surface area contributed by atoms with Crippen molar-refractivity contribution in [3.63, 3.8) is 0 Å². The Balaban J connectivity index is 1.16. The van der Waals surface area contributed by atoms with Crippen LogP contribution in [0.3, 0.4) is 0 Å². The topological polar surface area (TPSA) is 83.1 Å². The zero-order chi connectivity index (χ0) is 23.0. The maximum Gasteiger partial charge on any atom is 0.252 e. The number of hydrogen-bond donors (Lipinski definition) is 0. The van der Waals surface area contributed by atoms with E-state index in [0.29, 0.717) is 43.2 Å². The van der Waals surface area contributed by atoms with Crippen molar-refractivity contribution in [2.75, 3.05) is 51.3 Å². The van der Waals surface area contributed by atoms with Crippen molar-refractivity contribution in [3.05, 3.63) is 35.7 Å². The van der Waals surface area contributed by atoms with E-state index in [2.05, 4.69) is 4.90 Å². The molecule has 2 fully saturated rings. The zero-order valence-electron chi connectivity index (χ0n) is 18.3. The van der Waals surface area contributed by atoms with Crippen LogP contribution in [0.5, 0.6) is 5.75 Å². The molecule has 3 aromatic rings. The lowest BCUT2D eigenvalue weighted by Crippen LogP contribution is -2.52. The number of aromatic nitrogens is 1. The van der Waals surface area contributed by atoms with Crippen molar-refractivity contribution in [1.29, 1.82) is 0 Å². The molecule has 0 saturated carbocycles. The highest BCUT2D eigenvalue weighted by Crippen LogP contribution is 2.32. The number of nitrogens with zero attached hydrogens (tertiary/aromatic N) is 4. The van der Waals surface area contributed by atoms with E-state index >= 15 is 0 Å². The van der Waals surface area contributed by atoms with Crippen molar-refractivity contribution >= 4 is 54.0 Å². The van der Waals surface area contributed by atoms with Crippen LogP contribution in [0.4, 0.5) is 5.13 Å². The third-order valence-corrected chi connectivity index (χ3v) is 10.7. The molecular weight excluding hydrogens is 480 g/mol. The molecule has 0 bridgehead atoms. The number of amides is 1. The smallest absolute Gasteiger partial charge is 0.252 e. The van der Waals surface area contributed by atoms with Gasteiger partial charge in [0.05, 0.1) is 17.3 Å². The van der Waals surface area contributed by atoms with Crippen LogP contribution in [0, 0.1) is 5.92 Å². The predicted octanol–water partition coefficient (Wildman–Crippen LogP) is 3.12. The number of rotatable bonds is 5.